The molecule has 1 atom stereocenters. The van der Waals surface area contributed by atoms with Crippen molar-refractivity contribution in [2.75, 3.05) is 13.2 Å². The van der Waals surface area contributed by atoms with Crippen molar-refractivity contribution in [3.8, 4) is 0 Å². The second-order valence-corrected chi connectivity index (χ2v) is 22.0. The quantitative estimate of drug-likeness (QED) is 0.0261. The second kappa shape index (κ2) is 66.6. The van der Waals surface area contributed by atoms with E-state index >= 15 is 0 Å². The van der Waals surface area contributed by atoms with Gasteiger partial charge < -0.3 is 14.2 Å². The van der Waals surface area contributed by atoms with Crippen molar-refractivity contribution in [3.63, 3.8) is 0 Å². The Labute approximate surface area is 489 Å². The maximum Gasteiger partial charge on any atom is 0.306 e. The molecule has 0 aromatic heterocycles. The normalized spacial score (nSPS) is 12.8. The van der Waals surface area contributed by atoms with Gasteiger partial charge in [-0.15, -0.1) is 0 Å². The fourth-order valence-corrected chi connectivity index (χ4v) is 9.24. The third-order valence-corrected chi connectivity index (χ3v) is 14.2. The van der Waals surface area contributed by atoms with Gasteiger partial charge in [-0.3, -0.25) is 14.4 Å². The predicted octanol–water partition coefficient (Wildman–Crippen LogP) is 23.0. The molecule has 6 nitrogen and oxygen atoms in total. The molecular weight excluding hydrogens is 973 g/mol. The van der Waals surface area contributed by atoms with Gasteiger partial charge >= 0.3 is 17.9 Å². The zero-order chi connectivity index (χ0) is 57.1. The summed E-state index contributed by atoms with van der Waals surface area (Å²) in [6, 6.07) is 0. The predicted molar refractivity (Wildman–Crippen MR) is 343 cm³/mol. The molecule has 0 aliphatic rings. The number of hydrogen-bond donors (Lipinski definition) is 0. The van der Waals surface area contributed by atoms with Crippen LogP contribution in [0.25, 0.3) is 0 Å². The molecule has 0 saturated heterocycles. The van der Waals surface area contributed by atoms with E-state index in [1.165, 1.54) is 173 Å². The topological polar surface area (TPSA) is 78.9 Å². The molecule has 79 heavy (non-hydrogen) atoms. The summed E-state index contributed by atoms with van der Waals surface area (Å²) in [6.45, 7) is 6.47. The Morgan fingerprint density at radius 3 is 0.823 bits per heavy atom. The Kier molecular flexibility index (Phi) is 63.3. The average molecular weight is 1100 g/mol. The monoisotopic (exact) mass is 1100 g/mol. The van der Waals surface area contributed by atoms with E-state index in [-0.39, 0.29) is 31.1 Å². The molecule has 0 fully saturated rings. The number of rotatable bonds is 60. The molecule has 0 spiro atoms. The van der Waals surface area contributed by atoms with Crippen molar-refractivity contribution < 1.29 is 28.6 Å². The van der Waals surface area contributed by atoms with Gasteiger partial charge in [-0.1, -0.05) is 278 Å². The number of allylic oxidation sites excluding steroid dienone is 18. The van der Waals surface area contributed by atoms with Crippen molar-refractivity contribution >= 4 is 17.9 Å². The first-order valence-electron chi connectivity index (χ1n) is 33.4. The lowest BCUT2D eigenvalue weighted by molar-refractivity contribution is -0.167. The molecule has 0 amide bonds. The van der Waals surface area contributed by atoms with E-state index in [1.54, 1.807) is 0 Å². The second-order valence-electron chi connectivity index (χ2n) is 22.0. The lowest BCUT2D eigenvalue weighted by Gasteiger charge is -2.18. The maximum atomic E-state index is 12.9. The molecule has 0 bridgehead atoms. The smallest absolute Gasteiger partial charge is 0.306 e. The van der Waals surface area contributed by atoms with Gasteiger partial charge in [0.05, 0.1) is 0 Å². The van der Waals surface area contributed by atoms with Gasteiger partial charge in [-0.2, -0.15) is 0 Å². The number of esters is 3. The molecule has 0 aliphatic carbocycles. The molecule has 0 aliphatic heterocycles. The van der Waals surface area contributed by atoms with Crippen LogP contribution < -0.4 is 0 Å². The van der Waals surface area contributed by atoms with Gasteiger partial charge in [0.2, 0.25) is 0 Å². The number of hydrogen-bond acceptors (Lipinski definition) is 6. The summed E-state index contributed by atoms with van der Waals surface area (Å²) in [6.07, 6.45) is 91.0. The SMILES string of the molecule is CC/C=C\C/C=C\C/C=C\C/C=C\CCCCC(=O)OCC(COC(=O)CCCCCCCCCCCCCC/C=C\C/C=C\C/C=C\CCCCCCC)OC(=O)CCCCCCCCCCC/C=C\C/C=C\CCCCC. The van der Waals surface area contributed by atoms with Gasteiger partial charge in [0.1, 0.15) is 13.2 Å². The van der Waals surface area contributed by atoms with Crippen molar-refractivity contribution in [2.45, 2.75) is 322 Å². The summed E-state index contributed by atoms with van der Waals surface area (Å²) in [5.41, 5.74) is 0. The number of ether oxygens (including phenoxy) is 3. The molecule has 0 radical (unpaired) electrons. The van der Waals surface area contributed by atoms with E-state index in [9.17, 15) is 14.4 Å². The first-order chi connectivity index (χ1) is 39.0. The van der Waals surface area contributed by atoms with Crippen LogP contribution in [0.2, 0.25) is 0 Å². The van der Waals surface area contributed by atoms with Crippen LogP contribution in [0.1, 0.15) is 316 Å². The number of carbonyl (C=O) groups excluding carboxylic acids is 3. The minimum Gasteiger partial charge on any atom is -0.462 e. The van der Waals surface area contributed by atoms with Crippen LogP contribution in [0.3, 0.4) is 0 Å². The van der Waals surface area contributed by atoms with E-state index in [4.69, 9.17) is 14.2 Å². The minimum absolute atomic E-state index is 0.0940. The van der Waals surface area contributed by atoms with E-state index < -0.39 is 6.10 Å². The van der Waals surface area contributed by atoms with Crippen LogP contribution in [-0.4, -0.2) is 37.2 Å². The fraction of sp³-hybridized carbons (Fsp3) is 0.712. The highest BCUT2D eigenvalue weighted by molar-refractivity contribution is 5.71. The van der Waals surface area contributed by atoms with Crippen LogP contribution in [0.15, 0.2) is 109 Å². The van der Waals surface area contributed by atoms with Gasteiger partial charge in [-0.05, 0) is 128 Å². The number of unbranched alkanes of at least 4 members (excludes halogenated alkanes) is 31. The summed E-state index contributed by atoms with van der Waals surface area (Å²) in [5, 5.41) is 0. The third-order valence-electron chi connectivity index (χ3n) is 14.2. The summed E-state index contributed by atoms with van der Waals surface area (Å²) < 4.78 is 16.9. The van der Waals surface area contributed by atoms with E-state index in [0.29, 0.717) is 19.3 Å². The van der Waals surface area contributed by atoms with Gasteiger partial charge in [0.25, 0.3) is 0 Å². The van der Waals surface area contributed by atoms with Gasteiger partial charge in [-0.25, -0.2) is 0 Å². The van der Waals surface area contributed by atoms with E-state index in [0.717, 1.165) is 103 Å². The zero-order valence-corrected chi connectivity index (χ0v) is 51.9. The Morgan fingerprint density at radius 2 is 0.494 bits per heavy atom. The average Bonchev–Trinajstić information content (AvgIpc) is 3.45. The summed E-state index contributed by atoms with van der Waals surface area (Å²) in [4.78, 5) is 38.4. The lowest BCUT2D eigenvalue weighted by Crippen LogP contribution is -2.30. The summed E-state index contributed by atoms with van der Waals surface area (Å²) in [7, 11) is 0. The minimum atomic E-state index is -0.801. The highest BCUT2D eigenvalue weighted by Crippen LogP contribution is 2.16. The molecule has 0 N–H and O–H groups in total. The Hall–Kier alpha value is -3.93. The maximum absolute atomic E-state index is 12.9. The lowest BCUT2D eigenvalue weighted by atomic mass is 10.0. The van der Waals surface area contributed by atoms with Crippen LogP contribution in [0.4, 0.5) is 0 Å². The third kappa shape index (κ3) is 64.8. The fourth-order valence-electron chi connectivity index (χ4n) is 9.24. The van der Waals surface area contributed by atoms with Crippen molar-refractivity contribution in [3.05, 3.63) is 109 Å². The number of carbonyl (C=O) groups is 3. The molecular formula is C73H124O6. The van der Waals surface area contributed by atoms with Crippen LogP contribution >= 0.6 is 0 Å². The Bertz CT molecular complexity index is 1590. The molecule has 0 aromatic rings. The molecule has 0 saturated carbocycles. The zero-order valence-electron chi connectivity index (χ0n) is 51.9. The first kappa shape index (κ1) is 75.1. The van der Waals surface area contributed by atoms with Crippen molar-refractivity contribution in [2.24, 2.45) is 0 Å². The largest absolute Gasteiger partial charge is 0.462 e. The van der Waals surface area contributed by atoms with Crippen LogP contribution in [-0.2, 0) is 28.6 Å². The highest BCUT2D eigenvalue weighted by atomic mass is 16.6. The van der Waals surface area contributed by atoms with Gasteiger partial charge in [0.15, 0.2) is 6.10 Å². The molecule has 1 unspecified atom stereocenters. The van der Waals surface area contributed by atoms with Crippen LogP contribution in [0, 0.1) is 0 Å². The van der Waals surface area contributed by atoms with E-state index in [1.807, 2.05) is 0 Å². The van der Waals surface area contributed by atoms with Crippen molar-refractivity contribution in [1.29, 1.82) is 0 Å². The van der Waals surface area contributed by atoms with E-state index in [2.05, 4.69) is 130 Å². The Morgan fingerprint density at radius 1 is 0.266 bits per heavy atom. The van der Waals surface area contributed by atoms with Gasteiger partial charge in [0, 0.05) is 19.3 Å². The molecule has 0 aromatic carbocycles. The summed E-state index contributed by atoms with van der Waals surface area (Å²) >= 11 is 0. The first-order valence-corrected chi connectivity index (χ1v) is 33.4. The van der Waals surface area contributed by atoms with Crippen molar-refractivity contribution in [1.82, 2.24) is 0 Å². The molecule has 0 heterocycles. The molecule has 452 valence electrons. The highest BCUT2D eigenvalue weighted by Gasteiger charge is 2.19. The standard InChI is InChI=1S/C73H124O6/c1-4-7-10-13-16-19-22-25-28-30-32-33-34-35-36-37-38-39-41-42-45-48-51-54-57-60-63-66-72(75)78-69-70(68-77-71(74)65-62-59-56-53-50-47-44-27-24-21-18-15-12-9-6-3)79-73(76)67-64-61-58-55-52-49-46-43-40-31-29-26-23-20-17-14-11-8-5-2/h9,12,17-18,20-22,25-27,29-30,32,34-35,44,50,53,70H,4-8,10-11,13-16,19,23-24,28,31,33,36-43,45-49,51-52,54-69H2,1-3H3/b12-9-,20-17-,21-18-,25-22-,29-26-,32-30-,35-34-,44-27-,53-50-. The Balaban J connectivity index is 4.35. The molecule has 6 heteroatoms. The molecule has 0 rings (SSSR count). The summed E-state index contributed by atoms with van der Waals surface area (Å²) in [5.74, 6) is -0.935. The van der Waals surface area contributed by atoms with Crippen LogP contribution in [0.5, 0.6) is 0 Å².